The van der Waals surface area contributed by atoms with Crippen molar-refractivity contribution in [3.63, 3.8) is 0 Å². The number of hydrogen-bond donors (Lipinski definition) is 0. The third-order valence-electron chi connectivity index (χ3n) is 2.22. The molecule has 0 aliphatic heterocycles. The molecule has 0 fully saturated rings. The summed E-state index contributed by atoms with van der Waals surface area (Å²) in [6, 6.07) is 5.31. The molecule has 1 aromatic heterocycles. The van der Waals surface area contributed by atoms with E-state index in [1.807, 2.05) is 6.07 Å². The molecule has 0 bridgehead atoms. The van der Waals surface area contributed by atoms with Crippen LogP contribution in [0.5, 0.6) is 0 Å². The molecule has 2 rings (SSSR count). The zero-order valence-corrected chi connectivity index (χ0v) is 13.4. The second-order valence-corrected chi connectivity index (χ2v) is 6.53. The van der Waals surface area contributed by atoms with Gasteiger partial charge in [-0.05, 0) is 17.7 Å². The van der Waals surface area contributed by atoms with Crippen molar-refractivity contribution in [2.75, 3.05) is 0 Å². The van der Waals surface area contributed by atoms with Crippen molar-refractivity contribution in [2.45, 2.75) is 10.5 Å². The van der Waals surface area contributed by atoms with Crippen molar-refractivity contribution in [1.29, 1.82) is 0 Å². The molecule has 0 atom stereocenters. The van der Waals surface area contributed by atoms with Crippen molar-refractivity contribution in [1.82, 2.24) is 9.78 Å². The first-order chi connectivity index (χ1) is 8.35. The summed E-state index contributed by atoms with van der Waals surface area (Å²) in [6.07, 6.45) is 3.14. The van der Waals surface area contributed by atoms with E-state index in [-0.39, 0.29) is 0 Å². The molecule has 0 aliphatic carbocycles. The SMILES string of the molecule is FC(F)(I)Cn1cc(-c2ccc(Cl)cc2Br)cn1. The molecule has 0 radical (unpaired) electrons. The highest BCUT2D eigenvalue weighted by Gasteiger charge is 2.24. The van der Waals surface area contributed by atoms with Gasteiger partial charge < -0.3 is 0 Å². The minimum atomic E-state index is -2.81. The topological polar surface area (TPSA) is 17.8 Å². The molecule has 2 aromatic rings. The Kier molecular flexibility index (Phi) is 4.28. The predicted molar refractivity (Wildman–Crippen MR) is 79.3 cm³/mol. The number of hydrogen-bond acceptors (Lipinski definition) is 1. The summed E-state index contributed by atoms with van der Waals surface area (Å²) in [5, 5.41) is 4.53. The lowest BCUT2D eigenvalue weighted by atomic mass is 10.1. The number of aromatic nitrogens is 2. The monoisotopic (exact) mass is 446 g/mol. The standard InChI is InChI=1S/C11H7BrClF2IN2/c12-10-3-8(13)1-2-9(10)7-4-17-18(5-7)6-11(14,15)16/h1-5H,6H2. The van der Waals surface area contributed by atoms with Crippen molar-refractivity contribution < 1.29 is 8.78 Å². The Morgan fingerprint density at radius 2 is 2.17 bits per heavy atom. The first kappa shape index (κ1) is 14.2. The normalized spacial score (nSPS) is 11.8. The Morgan fingerprint density at radius 3 is 2.78 bits per heavy atom. The molecule has 1 aromatic carbocycles. The minimum absolute atomic E-state index is 0.446. The molecule has 0 saturated heterocycles. The van der Waals surface area contributed by atoms with Gasteiger partial charge in [0.25, 0.3) is 0 Å². The number of nitrogens with zero attached hydrogens (tertiary/aromatic N) is 2. The fourth-order valence-electron chi connectivity index (χ4n) is 1.50. The highest BCUT2D eigenvalue weighted by molar-refractivity contribution is 14.1. The molecular weight excluding hydrogens is 440 g/mol. The van der Waals surface area contributed by atoms with Gasteiger partial charge in [0.1, 0.15) is 6.54 Å². The summed E-state index contributed by atoms with van der Waals surface area (Å²) in [4.78, 5) is 0. The lowest BCUT2D eigenvalue weighted by molar-refractivity contribution is 0.101. The van der Waals surface area contributed by atoms with E-state index >= 15 is 0 Å². The molecule has 96 valence electrons. The zero-order chi connectivity index (χ0) is 13.3. The van der Waals surface area contributed by atoms with Crippen LogP contribution >= 0.6 is 50.1 Å². The van der Waals surface area contributed by atoms with Crippen LogP contribution in [0.4, 0.5) is 8.78 Å². The highest BCUT2D eigenvalue weighted by atomic mass is 127. The fraction of sp³-hybridized carbons (Fsp3) is 0.182. The van der Waals surface area contributed by atoms with E-state index in [0.29, 0.717) is 5.02 Å². The zero-order valence-electron chi connectivity index (χ0n) is 8.88. The fourth-order valence-corrected chi connectivity index (χ4v) is 2.76. The number of rotatable bonds is 3. The largest absolute Gasteiger partial charge is 0.315 e. The lowest BCUT2D eigenvalue weighted by Gasteiger charge is -2.07. The van der Waals surface area contributed by atoms with Crippen LogP contribution in [0.2, 0.25) is 5.02 Å². The Morgan fingerprint density at radius 1 is 1.44 bits per heavy atom. The van der Waals surface area contributed by atoms with Gasteiger partial charge in [-0.2, -0.15) is 13.9 Å². The average molecular weight is 447 g/mol. The maximum absolute atomic E-state index is 12.9. The quantitative estimate of drug-likeness (QED) is 0.479. The second kappa shape index (κ2) is 5.42. The molecule has 0 N–H and O–H groups in total. The van der Waals surface area contributed by atoms with Crippen LogP contribution in [0.25, 0.3) is 11.1 Å². The summed E-state index contributed by atoms with van der Waals surface area (Å²) in [5.41, 5.74) is 1.63. The maximum atomic E-state index is 12.9. The van der Waals surface area contributed by atoms with Gasteiger partial charge in [-0.25, -0.2) is 0 Å². The molecule has 2 nitrogen and oxygen atoms in total. The van der Waals surface area contributed by atoms with Crippen LogP contribution in [-0.2, 0) is 6.54 Å². The molecule has 18 heavy (non-hydrogen) atoms. The van der Waals surface area contributed by atoms with Gasteiger partial charge in [0.2, 0.25) is 0 Å². The predicted octanol–water partition coefficient (Wildman–Crippen LogP) is 4.99. The molecule has 0 aliphatic rings. The Bertz CT molecular complexity index is 568. The molecule has 0 spiro atoms. The molecule has 0 saturated carbocycles. The van der Waals surface area contributed by atoms with Gasteiger partial charge in [0, 0.05) is 43.8 Å². The van der Waals surface area contributed by atoms with Crippen molar-refractivity contribution >= 4 is 50.1 Å². The van der Waals surface area contributed by atoms with E-state index in [1.54, 1.807) is 24.5 Å². The molecule has 1 heterocycles. The van der Waals surface area contributed by atoms with E-state index in [0.717, 1.165) is 38.2 Å². The van der Waals surface area contributed by atoms with Crippen LogP contribution in [0, 0.1) is 0 Å². The van der Waals surface area contributed by atoms with Crippen LogP contribution in [0.3, 0.4) is 0 Å². The Labute approximate surface area is 130 Å². The summed E-state index contributed by atoms with van der Waals surface area (Å²) < 4.78 is 24.9. The third-order valence-corrected chi connectivity index (χ3v) is 3.45. The van der Waals surface area contributed by atoms with E-state index in [9.17, 15) is 8.78 Å². The van der Waals surface area contributed by atoms with E-state index in [2.05, 4.69) is 21.0 Å². The Hall–Kier alpha value is -0.210. The molecule has 0 unspecified atom stereocenters. The van der Waals surface area contributed by atoms with Crippen molar-refractivity contribution in [3.8, 4) is 11.1 Å². The van der Waals surface area contributed by atoms with Crippen LogP contribution in [0.1, 0.15) is 0 Å². The molecule has 0 amide bonds. The summed E-state index contributed by atoms with van der Waals surface area (Å²) in [6.45, 7) is -0.446. The van der Waals surface area contributed by atoms with Crippen molar-refractivity contribution in [3.05, 3.63) is 40.1 Å². The first-order valence-corrected chi connectivity index (χ1v) is 7.15. The number of benzene rings is 1. The average Bonchev–Trinajstić information content (AvgIpc) is 2.63. The first-order valence-electron chi connectivity index (χ1n) is 4.90. The van der Waals surface area contributed by atoms with Gasteiger partial charge >= 0.3 is 3.93 Å². The third kappa shape index (κ3) is 3.64. The number of halogens is 5. The van der Waals surface area contributed by atoms with E-state index in [4.69, 9.17) is 11.6 Å². The maximum Gasteiger partial charge on any atom is 0.315 e. The lowest BCUT2D eigenvalue weighted by Crippen LogP contribution is -2.15. The van der Waals surface area contributed by atoms with Gasteiger partial charge in [0.05, 0.1) is 6.20 Å². The summed E-state index contributed by atoms with van der Waals surface area (Å²) in [5.74, 6) is 0. The molecular formula is C11H7BrClF2IN2. The second-order valence-electron chi connectivity index (χ2n) is 3.67. The van der Waals surface area contributed by atoms with Crippen LogP contribution < -0.4 is 0 Å². The minimum Gasteiger partial charge on any atom is -0.265 e. The Balaban J connectivity index is 2.29. The summed E-state index contributed by atoms with van der Waals surface area (Å²) in [7, 11) is 0. The van der Waals surface area contributed by atoms with Crippen LogP contribution in [0.15, 0.2) is 35.1 Å². The van der Waals surface area contributed by atoms with Crippen LogP contribution in [-0.4, -0.2) is 13.7 Å². The smallest absolute Gasteiger partial charge is 0.265 e. The number of alkyl halides is 3. The molecule has 7 heteroatoms. The summed E-state index contributed by atoms with van der Waals surface area (Å²) >= 11 is 10.3. The van der Waals surface area contributed by atoms with Gasteiger partial charge in [-0.3, -0.25) is 4.68 Å². The van der Waals surface area contributed by atoms with Crippen molar-refractivity contribution in [2.24, 2.45) is 0 Å². The van der Waals surface area contributed by atoms with E-state index < -0.39 is 10.5 Å². The van der Waals surface area contributed by atoms with Gasteiger partial charge in [0.15, 0.2) is 0 Å². The highest BCUT2D eigenvalue weighted by Crippen LogP contribution is 2.31. The van der Waals surface area contributed by atoms with Gasteiger partial charge in [-0.15, -0.1) is 0 Å². The van der Waals surface area contributed by atoms with E-state index in [1.165, 1.54) is 4.68 Å². The van der Waals surface area contributed by atoms with Gasteiger partial charge in [-0.1, -0.05) is 33.6 Å².